The first-order chi connectivity index (χ1) is 20.6. The van der Waals surface area contributed by atoms with E-state index in [2.05, 4.69) is 0 Å². The van der Waals surface area contributed by atoms with Gasteiger partial charge in [-0.15, -0.1) is 0 Å². The van der Waals surface area contributed by atoms with Crippen LogP contribution in [0.5, 0.6) is 0 Å². The van der Waals surface area contributed by atoms with Gasteiger partial charge in [0.15, 0.2) is 6.10 Å². The number of aliphatic hydroxyl groups is 3. The summed E-state index contributed by atoms with van der Waals surface area (Å²) >= 11 is 0. The summed E-state index contributed by atoms with van der Waals surface area (Å²) in [7, 11) is 0. The molecule has 0 saturated heterocycles. The predicted molar refractivity (Wildman–Crippen MR) is 159 cm³/mol. The lowest BCUT2D eigenvalue weighted by Crippen LogP contribution is -2.84. The largest absolute Gasteiger partial charge is 0.458 e. The van der Waals surface area contributed by atoms with Crippen LogP contribution in [0.4, 0.5) is 0 Å². The lowest BCUT2D eigenvalue weighted by Gasteiger charge is -2.66. The van der Waals surface area contributed by atoms with Gasteiger partial charge in [-0.05, 0) is 29.9 Å². The summed E-state index contributed by atoms with van der Waals surface area (Å²) in [6.07, 6.45) is -9.00. The second-order valence-corrected chi connectivity index (χ2v) is 13.4. The molecule has 44 heavy (non-hydrogen) atoms. The maximum absolute atomic E-state index is 13.8. The van der Waals surface area contributed by atoms with Crippen LogP contribution in [0.3, 0.4) is 0 Å². The van der Waals surface area contributed by atoms with Gasteiger partial charge in [-0.25, -0.2) is 4.79 Å². The molecule has 2 aliphatic carbocycles. The van der Waals surface area contributed by atoms with Gasteiger partial charge in [-0.1, -0.05) is 59.7 Å². The zero-order valence-electron chi connectivity index (χ0n) is 27.1. The van der Waals surface area contributed by atoms with Gasteiger partial charge in [0.2, 0.25) is 0 Å². The van der Waals surface area contributed by atoms with Crippen LogP contribution in [-0.2, 0) is 33.3 Å². The lowest BCUT2D eigenvalue weighted by atomic mass is 9.47. The Kier molecular flexibility index (Phi) is 12.0. The van der Waals surface area contributed by atoms with E-state index < -0.39 is 78.1 Å². The standard InChI is InChI=1S/C33H50O11/c1-18(2)15-40-17-32-29(43-22(8)35)24(42-21(7)34)14-25(36)33(32,39)28(37)26(20(5)6)27(41-16-19(3)4)30(32)44-31(38)23-12-10-9-11-13-23/h9-13,18-20,24-30,36-37,39H,14-17H2,1-8H3/t24?,25-,26+,27?,28+,29?,30?,32?,33+/m0/s1. The number of hydrogen-bond acceptors (Lipinski definition) is 11. The Morgan fingerprint density at radius 3 is 1.98 bits per heavy atom. The predicted octanol–water partition coefficient (Wildman–Crippen LogP) is 2.92. The molecule has 2 aliphatic rings. The molecule has 11 nitrogen and oxygen atoms in total. The fourth-order valence-corrected chi connectivity index (χ4v) is 6.83. The summed E-state index contributed by atoms with van der Waals surface area (Å²) in [5.74, 6) is -3.36. The van der Waals surface area contributed by atoms with E-state index in [1.165, 1.54) is 6.92 Å². The highest BCUT2D eigenvalue weighted by atomic mass is 16.6. The first kappa shape index (κ1) is 35.9. The molecule has 3 N–H and O–H groups in total. The second-order valence-electron chi connectivity index (χ2n) is 13.4. The molecule has 0 aliphatic heterocycles. The number of fused-ring (bicyclic) bond motifs is 1. The van der Waals surface area contributed by atoms with Crippen LogP contribution >= 0.6 is 0 Å². The Hall–Kier alpha value is -2.57. The number of carbonyl (C=O) groups excluding carboxylic acids is 3. The third-order valence-electron chi connectivity index (χ3n) is 8.59. The number of aliphatic hydroxyl groups excluding tert-OH is 2. The molecule has 0 aromatic heterocycles. The number of rotatable bonds is 12. The molecule has 3 rings (SSSR count). The molecule has 11 heteroatoms. The van der Waals surface area contributed by atoms with E-state index in [9.17, 15) is 29.7 Å². The van der Waals surface area contributed by atoms with Gasteiger partial charge in [-0.2, -0.15) is 0 Å². The number of esters is 3. The number of hydrogen-bond donors (Lipinski definition) is 3. The van der Waals surface area contributed by atoms with Crippen molar-refractivity contribution >= 4 is 17.9 Å². The summed E-state index contributed by atoms with van der Waals surface area (Å²) in [6.45, 7) is 13.7. The molecule has 248 valence electrons. The second kappa shape index (κ2) is 14.7. The molecule has 0 bridgehead atoms. The average molecular weight is 623 g/mol. The van der Waals surface area contributed by atoms with Crippen LogP contribution in [0, 0.1) is 29.1 Å². The van der Waals surface area contributed by atoms with E-state index in [4.69, 9.17) is 23.7 Å². The van der Waals surface area contributed by atoms with E-state index in [0.29, 0.717) is 0 Å². The van der Waals surface area contributed by atoms with Crippen LogP contribution in [0.25, 0.3) is 0 Å². The molecule has 2 saturated carbocycles. The van der Waals surface area contributed by atoms with E-state index in [0.717, 1.165) is 6.92 Å². The monoisotopic (exact) mass is 622 g/mol. The number of ether oxygens (including phenoxy) is 5. The van der Waals surface area contributed by atoms with Crippen molar-refractivity contribution in [1.82, 2.24) is 0 Å². The topological polar surface area (TPSA) is 158 Å². The molecule has 5 unspecified atom stereocenters. The minimum absolute atomic E-state index is 0.0275. The zero-order valence-corrected chi connectivity index (χ0v) is 27.1. The molecule has 0 heterocycles. The maximum atomic E-state index is 13.8. The molecule has 9 atom stereocenters. The van der Waals surface area contributed by atoms with Crippen molar-refractivity contribution in [3.8, 4) is 0 Å². The zero-order chi connectivity index (χ0) is 33.0. The normalized spacial score (nSPS) is 33.6. The highest BCUT2D eigenvalue weighted by Gasteiger charge is 2.78. The molecule has 1 aromatic rings. The Morgan fingerprint density at radius 1 is 0.864 bits per heavy atom. The summed E-state index contributed by atoms with van der Waals surface area (Å²) in [5, 5.41) is 36.7. The molecular weight excluding hydrogens is 572 g/mol. The minimum atomic E-state index is -2.46. The van der Waals surface area contributed by atoms with Crippen molar-refractivity contribution in [3.63, 3.8) is 0 Å². The quantitative estimate of drug-likeness (QED) is 0.233. The molecule has 2 fully saturated rings. The fraction of sp³-hybridized carbons (Fsp3) is 0.727. The van der Waals surface area contributed by atoms with Crippen LogP contribution < -0.4 is 0 Å². The first-order valence-corrected chi connectivity index (χ1v) is 15.5. The van der Waals surface area contributed by atoms with Gasteiger partial charge in [0.1, 0.15) is 29.3 Å². The van der Waals surface area contributed by atoms with Gasteiger partial charge in [0.25, 0.3) is 0 Å². The molecular formula is C33H50O11. The maximum Gasteiger partial charge on any atom is 0.338 e. The highest BCUT2D eigenvalue weighted by Crippen LogP contribution is 2.59. The molecule has 1 aromatic carbocycles. The van der Waals surface area contributed by atoms with Crippen molar-refractivity contribution in [1.29, 1.82) is 0 Å². The molecule has 0 amide bonds. The average Bonchev–Trinajstić information content (AvgIpc) is 2.92. The van der Waals surface area contributed by atoms with Gasteiger partial charge >= 0.3 is 17.9 Å². The van der Waals surface area contributed by atoms with E-state index in [1.54, 1.807) is 30.3 Å². The van der Waals surface area contributed by atoms with E-state index in [-0.39, 0.29) is 43.0 Å². The van der Waals surface area contributed by atoms with Gasteiger partial charge < -0.3 is 39.0 Å². The summed E-state index contributed by atoms with van der Waals surface area (Å²) in [4.78, 5) is 38.8. The van der Waals surface area contributed by atoms with Crippen LogP contribution in [0.2, 0.25) is 0 Å². The third-order valence-corrected chi connectivity index (χ3v) is 8.59. The number of carbonyl (C=O) groups is 3. The van der Waals surface area contributed by atoms with Crippen molar-refractivity contribution in [2.75, 3.05) is 19.8 Å². The minimum Gasteiger partial charge on any atom is -0.458 e. The Morgan fingerprint density at radius 2 is 1.45 bits per heavy atom. The van der Waals surface area contributed by atoms with E-state index in [1.807, 2.05) is 41.5 Å². The van der Waals surface area contributed by atoms with Gasteiger partial charge in [0, 0.05) is 39.4 Å². The van der Waals surface area contributed by atoms with Crippen LogP contribution in [0.1, 0.15) is 72.2 Å². The smallest absolute Gasteiger partial charge is 0.338 e. The molecule has 0 spiro atoms. The fourth-order valence-electron chi connectivity index (χ4n) is 6.83. The first-order valence-electron chi connectivity index (χ1n) is 15.5. The SMILES string of the molecule is CC(=O)OC1C[C@H](O)[C@@]2(O)[C@H](O)[C@H](C(C)C)C(OCC(C)C)C(OC(=O)c3ccccc3)C2(COCC(C)C)C1OC(C)=O. The Labute approximate surface area is 260 Å². The molecule has 0 radical (unpaired) electrons. The number of benzene rings is 1. The van der Waals surface area contributed by atoms with Crippen LogP contribution in [-0.4, -0.2) is 95.3 Å². The summed E-state index contributed by atoms with van der Waals surface area (Å²) in [5.41, 5.74) is -4.31. The van der Waals surface area contributed by atoms with E-state index >= 15 is 0 Å². The van der Waals surface area contributed by atoms with Crippen molar-refractivity contribution < 1.29 is 53.4 Å². The van der Waals surface area contributed by atoms with Crippen LogP contribution in [0.15, 0.2) is 30.3 Å². The van der Waals surface area contributed by atoms with Crippen molar-refractivity contribution in [2.45, 2.75) is 104 Å². The third kappa shape index (κ3) is 7.12. The van der Waals surface area contributed by atoms with Crippen molar-refractivity contribution in [3.05, 3.63) is 35.9 Å². The Balaban J connectivity index is 2.40. The Bertz CT molecular complexity index is 1120. The van der Waals surface area contributed by atoms with Crippen molar-refractivity contribution in [2.24, 2.45) is 29.1 Å². The summed E-state index contributed by atoms with van der Waals surface area (Å²) < 4.78 is 30.4. The summed E-state index contributed by atoms with van der Waals surface area (Å²) in [6, 6.07) is 8.23. The lowest BCUT2D eigenvalue weighted by molar-refractivity contribution is -0.368. The van der Waals surface area contributed by atoms with Gasteiger partial charge in [-0.3, -0.25) is 9.59 Å². The highest BCUT2D eigenvalue weighted by molar-refractivity contribution is 5.89. The van der Waals surface area contributed by atoms with Gasteiger partial charge in [0.05, 0.1) is 24.4 Å².